The SMILES string of the molecule is C=CCSSC[C@H](NC(=O)CC[C@H](N)C=O)C(=O)NCC(=O)O. The number of carbonyl (C=O) groups excluding carboxylic acids is 3. The Bertz CT molecular complexity index is 434. The maximum Gasteiger partial charge on any atom is 0.322 e. The highest BCUT2D eigenvalue weighted by atomic mass is 33.1. The molecule has 0 aromatic rings. The van der Waals surface area contributed by atoms with Crippen LogP contribution in [-0.4, -0.2) is 59.3 Å². The average molecular weight is 363 g/mol. The lowest BCUT2D eigenvalue weighted by Crippen LogP contribution is -2.49. The molecule has 0 saturated carbocycles. The van der Waals surface area contributed by atoms with E-state index in [4.69, 9.17) is 10.8 Å². The van der Waals surface area contributed by atoms with E-state index in [2.05, 4.69) is 17.2 Å². The van der Waals surface area contributed by atoms with Crippen LogP contribution in [0.25, 0.3) is 0 Å². The molecule has 0 aliphatic heterocycles. The van der Waals surface area contributed by atoms with Gasteiger partial charge in [0.1, 0.15) is 18.9 Å². The Balaban J connectivity index is 4.46. The van der Waals surface area contributed by atoms with E-state index in [9.17, 15) is 19.2 Å². The number of nitrogens with one attached hydrogen (secondary N) is 2. The number of hydrogen-bond donors (Lipinski definition) is 4. The minimum atomic E-state index is -1.17. The predicted octanol–water partition coefficient (Wildman–Crippen LogP) is -0.454. The molecule has 0 heterocycles. The molecule has 5 N–H and O–H groups in total. The van der Waals surface area contributed by atoms with Crippen molar-refractivity contribution < 1.29 is 24.3 Å². The van der Waals surface area contributed by atoms with Crippen LogP contribution in [0.3, 0.4) is 0 Å². The molecule has 0 unspecified atom stereocenters. The van der Waals surface area contributed by atoms with Crippen LogP contribution in [0.2, 0.25) is 0 Å². The number of carboxylic acids is 1. The molecular weight excluding hydrogens is 342 g/mol. The van der Waals surface area contributed by atoms with Gasteiger partial charge in [-0.2, -0.15) is 0 Å². The van der Waals surface area contributed by atoms with Crippen LogP contribution in [0.4, 0.5) is 0 Å². The summed E-state index contributed by atoms with van der Waals surface area (Å²) in [6, 6.07) is -1.59. The van der Waals surface area contributed by atoms with E-state index >= 15 is 0 Å². The lowest BCUT2D eigenvalue weighted by atomic mass is 10.2. The molecule has 0 aliphatic rings. The molecule has 0 spiro atoms. The molecular formula is C13H21N3O5S2. The summed E-state index contributed by atoms with van der Waals surface area (Å²) < 4.78 is 0. The molecule has 130 valence electrons. The third-order valence-corrected chi connectivity index (χ3v) is 4.77. The summed E-state index contributed by atoms with van der Waals surface area (Å²) in [5.74, 6) is -1.22. The third kappa shape index (κ3) is 11.7. The van der Waals surface area contributed by atoms with E-state index in [1.54, 1.807) is 6.08 Å². The van der Waals surface area contributed by atoms with Crippen molar-refractivity contribution in [3.05, 3.63) is 12.7 Å². The molecule has 0 radical (unpaired) electrons. The van der Waals surface area contributed by atoms with Gasteiger partial charge in [-0.1, -0.05) is 27.7 Å². The molecule has 8 nitrogen and oxygen atoms in total. The number of amides is 2. The van der Waals surface area contributed by atoms with Crippen LogP contribution in [-0.2, 0) is 19.2 Å². The smallest absolute Gasteiger partial charge is 0.322 e. The van der Waals surface area contributed by atoms with Crippen LogP contribution in [0.1, 0.15) is 12.8 Å². The molecule has 0 aliphatic carbocycles. The van der Waals surface area contributed by atoms with Crippen LogP contribution >= 0.6 is 21.6 Å². The normalized spacial score (nSPS) is 12.7. The van der Waals surface area contributed by atoms with Crippen LogP contribution < -0.4 is 16.4 Å². The summed E-state index contributed by atoms with van der Waals surface area (Å²) in [7, 11) is 2.82. The van der Waals surface area contributed by atoms with Crippen molar-refractivity contribution in [1.82, 2.24) is 10.6 Å². The number of aldehydes is 1. The van der Waals surface area contributed by atoms with Gasteiger partial charge >= 0.3 is 5.97 Å². The number of aliphatic carboxylic acids is 1. The molecule has 0 aromatic heterocycles. The highest BCUT2D eigenvalue weighted by molar-refractivity contribution is 8.76. The Labute approximate surface area is 142 Å². The fraction of sp³-hybridized carbons (Fsp3) is 0.538. The molecule has 0 aromatic carbocycles. The zero-order chi connectivity index (χ0) is 17.7. The third-order valence-electron chi connectivity index (χ3n) is 2.45. The molecule has 23 heavy (non-hydrogen) atoms. The van der Waals surface area contributed by atoms with E-state index in [1.807, 2.05) is 0 Å². The maximum absolute atomic E-state index is 11.9. The van der Waals surface area contributed by atoms with Gasteiger partial charge in [-0.3, -0.25) is 14.4 Å². The van der Waals surface area contributed by atoms with Crippen LogP contribution in [0.15, 0.2) is 12.7 Å². The standard InChI is InChI=1S/C13H21N3O5S2/c1-2-5-22-23-8-10(13(21)15-6-12(19)20)16-11(18)4-3-9(14)7-17/h2,7,9-10H,1,3-6,8,14H2,(H,15,21)(H,16,18)(H,19,20)/t9-,10-/m0/s1. The first-order chi connectivity index (χ1) is 10.9. The first kappa shape index (κ1) is 21.5. The number of carboxylic acid groups (broad SMARTS) is 1. The summed E-state index contributed by atoms with van der Waals surface area (Å²) in [4.78, 5) is 44.6. The highest BCUT2D eigenvalue weighted by Gasteiger charge is 2.21. The van der Waals surface area contributed by atoms with Crippen molar-refractivity contribution in [2.24, 2.45) is 5.73 Å². The number of carbonyl (C=O) groups is 4. The van der Waals surface area contributed by atoms with Crippen molar-refractivity contribution in [1.29, 1.82) is 0 Å². The second-order valence-corrected chi connectivity index (χ2v) is 6.98. The average Bonchev–Trinajstić information content (AvgIpc) is 2.52. The lowest BCUT2D eigenvalue weighted by Gasteiger charge is -2.17. The van der Waals surface area contributed by atoms with Crippen LogP contribution in [0.5, 0.6) is 0 Å². The first-order valence-corrected chi connectivity index (χ1v) is 9.24. The van der Waals surface area contributed by atoms with Gasteiger partial charge in [0.25, 0.3) is 0 Å². The van der Waals surface area contributed by atoms with Gasteiger partial charge in [0, 0.05) is 17.9 Å². The Morgan fingerprint density at radius 1 is 1.30 bits per heavy atom. The predicted molar refractivity (Wildman–Crippen MR) is 91.0 cm³/mol. The Kier molecular flexibility index (Phi) is 12.1. The van der Waals surface area contributed by atoms with Gasteiger partial charge < -0.3 is 26.3 Å². The van der Waals surface area contributed by atoms with E-state index in [0.717, 1.165) is 0 Å². The molecule has 2 atom stereocenters. The highest BCUT2D eigenvalue weighted by Crippen LogP contribution is 2.21. The van der Waals surface area contributed by atoms with Crippen molar-refractivity contribution >= 4 is 45.7 Å². The topological polar surface area (TPSA) is 139 Å². The largest absolute Gasteiger partial charge is 0.480 e. The summed E-state index contributed by atoms with van der Waals surface area (Å²) in [5, 5.41) is 13.3. The van der Waals surface area contributed by atoms with Gasteiger partial charge in [-0.25, -0.2) is 0 Å². The quantitative estimate of drug-likeness (QED) is 0.149. The van der Waals surface area contributed by atoms with E-state index in [1.165, 1.54) is 21.6 Å². The summed E-state index contributed by atoms with van der Waals surface area (Å²) >= 11 is 0. The van der Waals surface area contributed by atoms with E-state index in [-0.39, 0.29) is 18.6 Å². The molecule has 2 amide bonds. The second kappa shape index (κ2) is 13.0. The lowest BCUT2D eigenvalue weighted by molar-refractivity contribution is -0.138. The Morgan fingerprint density at radius 2 is 2.00 bits per heavy atom. The van der Waals surface area contributed by atoms with Gasteiger partial charge in [0.15, 0.2) is 0 Å². The zero-order valence-corrected chi connectivity index (χ0v) is 14.2. The summed E-state index contributed by atoms with van der Waals surface area (Å²) in [6.07, 6.45) is 2.44. The fourth-order valence-electron chi connectivity index (χ4n) is 1.31. The maximum atomic E-state index is 11.9. The molecule has 0 fully saturated rings. The zero-order valence-electron chi connectivity index (χ0n) is 12.5. The van der Waals surface area contributed by atoms with Gasteiger partial charge in [0.2, 0.25) is 11.8 Å². The Hall–Kier alpha value is -1.52. The van der Waals surface area contributed by atoms with Gasteiger partial charge in [0.05, 0.1) is 6.04 Å². The molecule has 0 bridgehead atoms. The number of hydrogen-bond acceptors (Lipinski definition) is 7. The minimum Gasteiger partial charge on any atom is -0.480 e. The molecule has 0 saturated heterocycles. The van der Waals surface area contributed by atoms with Crippen molar-refractivity contribution in [2.45, 2.75) is 24.9 Å². The van der Waals surface area contributed by atoms with E-state index in [0.29, 0.717) is 12.0 Å². The van der Waals surface area contributed by atoms with Crippen molar-refractivity contribution in [2.75, 3.05) is 18.1 Å². The number of rotatable bonds is 13. The Morgan fingerprint density at radius 3 is 2.57 bits per heavy atom. The second-order valence-electron chi connectivity index (χ2n) is 4.43. The summed E-state index contributed by atoms with van der Waals surface area (Å²) in [5.41, 5.74) is 5.40. The first-order valence-electron chi connectivity index (χ1n) is 6.75. The summed E-state index contributed by atoms with van der Waals surface area (Å²) in [6.45, 7) is 3.05. The number of nitrogens with two attached hydrogens (primary N) is 1. The van der Waals surface area contributed by atoms with Crippen molar-refractivity contribution in [3.63, 3.8) is 0 Å². The van der Waals surface area contributed by atoms with E-state index < -0.39 is 36.4 Å². The molecule has 0 rings (SSSR count). The van der Waals surface area contributed by atoms with Gasteiger partial charge in [-0.05, 0) is 6.42 Å². The minimum absolute atomic E-state index is 0.00703. The van der Waals surface area contributed by atoms with Gasteiger partial charge in [-0.15, -0.1) is 6.58 Å². The molecule has 10 heteroatoms. The van der Waals surface area contributed by atoms with Crippen LogP contribution in [0, 0.1) is 0 Å². The van der Waals surface area contributed by atoms with Crippen molar-refractivity contribution in [3.8, 4) is 0 Å². The fourth-order valence-corrected chi connectivity index (χ4v) is 3.25. The monoisotopic (exact) mass is 363 g/mol.